The molecule has 2 N–H and O–H groups in total. The van der Waals surface area contributed by atoms with Gasteiger partial charge in [0, 0.05) is 13.2 Å². The lowest BCUT2D eigenvalue weighted by atomic mass is 10.3. The van der Waals surface area contributed by atoms with E-state index in [0.29, 0.717) is 32.2 Å². The lowest BCUT2D eigenvalue weighted by molar-refractivity contribution is 0.0545. The average molecular weight is 229 g/mol. The normalized spacial score (nSPS) is 10.4. The van der Waals surface area contributed by atoms with E-state index in [4.69, 9.17) is 19.9 Å². The van der Waals surface area contributed by atoms with Crippen LogP contribution in [0, 0.1) is 5.82 Å². The maximum Gasteiger partial charge on any atom is 0.142 e. The van der Waals surface area contributed by atoms with Gasteiger partial charge in [-0.25, -0.2) is 4.39 Å². The summed E-state index contributed by atoms with van der Waals surface area (Å²) in [6.45, 7) is 1.90. The molecule has 0 aliphatic heterocycles. The fourth-order valence-electron chi connectivity index (χ4n) is 1.11. The Bertz CT molecular complexity index is 320. The van der Waals surface area contributed by atoms with Gasteiger partial charge in [0.1, 0.15) is 18.2 Å². The Balaban J connectivity index is 2.21. The molecule has 0 spiro atoms. The van der Waals surface area contributed by atoms with E-state index in [2.05, 4.69) is 0 Å². The van der Waals surface area contributed by atoms with Gasteiger partial charge < -0.3 is 19.9 Å². The van der Waals surface area contributed by atoms with Crippen molar-refractivity contribution in [1.29, 1.82) is 0 Å². The molecule has 0 fully saturated rings. The predicted octanol–water partition coefficient (Wildman–Crippen LogP) is 1.45. The Kier molecular flexibility index (Phi) is 5.60. The molecule has 0 aliphatic carbocycles. The van der Waals surface area contributed by atoms with Crippen molar-refractivity contribution in [2.75, 3.05) is 39.3 Å². The van der Waals surface area contributed by atoms with Crippen LogP contribution in [0.4, 0.5) is 10.1 Å². The van der Waals surface area contributed by atoms with Crippen LogP contribution in [0.2, 0.25) is 0 Å². The van der Waals surface area contributed by atoms with E-state index in [1.807, 2.05) is 0 Å². The van der Waals surface area contributed by atoms with Crippen molar-refractivity contribution in [1.82, 2.24) is 0 Å². The Morgan fingerprint density at radius 3 is 2.62 bits per heavy atom. The molecule has 0 bridgehead atoms. The molecule has 0 aliphatic rings. The maximum absolute atomic E-state index is 12.7. The molecule has 0 saturated heterocycles. The van der Waals surface area contributed by atoms with Crippen LogP contribution in [0.3, 0.4) is 0 Å². The van der Waals surface area contributed by atoms with E-state index in [0.717, 1.165) is 0 Å². The Morgan fingerprint density at radius 1 is 1.19 bits per heavy atom. The average Bonchev–Trinajstić information content (AvgIpc) is 2.26. The number of halogens is 1. The third kappa shape index (κ3) is 4.46. The van der Waals surface area contributed by atoms with E-state index >= 15 is 0 Å². The monoisotopic (exact) mass is 229 g/mol. The van der Waals surface area contributed by atoms with Gasteiger partial charge in [-0.05, 0) is 12.1 Å². The van der Waals surface area contributed by atoms with Gasteiger partial charge in [0.15, 0.2) is 0 Å². The minimum absolute atomic E-state index is 0.289. The van der Waals surface area contributed by atoms with Crippen molar-refractivity contribution in [2.24, 2.45) is 0 Å². The SMILES string of the molecule is COCCOCCOc1ccc(F)cc1N. The number of methoxy groups -OCH3 is 1. The minimum atomic E-state index is -0.374. The van der Waals surface area contributed by atoms with Gasteiger partial charge in [-0.15, -0.1) is 0 Å². The zero-order valence-corrected chi connectivity index (χ0v) is 9.24. The third-order valence-corrected chi connectivity index (χ3v) is 1.89. The van der Waals surface area contributed by atoms with Crippen LogP contribution in [0.5, 0.6) is 5.75 Å². The number of nitrogens with two attached hydrogens (primary N) is 1. The summed E-state index contributed by atoms with van der Waals surface area (Å²) >= 11 is 0. The van der Waals surface area contributed by atoms with E-state index in [1.165, 1.54) is 18.2 Å². The molecule has 0 saturated carbocycles. The molecule has 1 rings (SSSR count). The lowest BCUT2D eigenvalue weighted by Gasteiger charge is -2.09. The second kappa shape index (κ2) is 7.03. The summed E-state index contributed by atoms with van der Waals surface area (Å²) in [4.78, 5) is 0. The van der Waals surface area contributed by atoms with Crippen LogP contribution in [-0.4, -0.2) is 33.5 Å². The first-order valence-corrected chi connectivity index (χ1v) is 4.98. The van der Waals surface area contributed by atoms with Gasteiger partial charge in [0.05, 0.1) is 25.5 Å². The molecule has 0 heterocycles. The Labute approximate surface area is 94.1 Å². The highest BCUT2D eigenvalue weighted by atomic mass is 19.1. The summed E-state index contributed by atoms with van der Waals surface area (Å²) in [5.41, 5.74) is 5.85. The quantitative estimate of drug-likeness (QED) is 0.568. The van der Waals surface area contributed by atoms with Crippen LogP contribution in [0.25, 0.3) is 0 Å². The predicted molar refractivity (Wildman–Crippen MR) is 59.0 cm³/mol. The number of nitrogen functional groups attached to an aromatic ring is 1. The zero-order valence-electron chi connectivity index (χ0n) is 9.24. The maximum atomic E-state index is 12.7. The molecule has 0 aromatic heterocycles. The molecule has 90 valence electrons. The Hall–Kier alpha value is -1.33. The van der Waals surface area contributed by atoms with Gasteiger partial charge in [-0.2, -0.15) is 0 Å². The second-order valence-corrected chi connectivity index (χ2v) is 3.14. The fraction of sp³-hybridized carbons (Fsp3) is 0.455. The van der Waals surface area contributed by atoms with Gasteiger partial charge in [0.2, 0.25) is 0 Å². The van der Waals surface area contributed by atoms with E-state index < -0.39 is 0 Å². The molecule has 1 aromatic rings. The van der Waals surface area contributed by atoms with Crippen LogP contribution >= 0.6 is 0 Å². The number of hydrogen-bond acceptors (Lipinski definition) is 4. The smallest absolute Gasteiger partial charge is 0.142 e. The van der Waals surface area contributed by atoms with Gasteiger partial charge in [-0.1, -0.05) is 0 Å². The van der Waals surface area contributed by atoms with Crippen LogP contribution < -0.4 is 10.5 Å². The zero-order chi connectivity index (χ0) is 11.8. The summed E-state index contributed by atoms with van der Waals surface area (Å²) < 4.78 is 28.0. The van der Waals surface area contributed by atoms with Crippen LogP contribution in [0.15, 0.2) is 18.2 Å². The molecular formula is C11H16FNO3. The standard InChI is InChI=1S/C11H16FNO3/c1-14-4-5-15-6-7-16-11-3-2-9(12)8-10(11)13/h2-3,8H,4-7,13H2,1H3. The first-order chi connectivity index (χ1) is 7.74. The number of benzene rings is 1. The topological polar surface area (TPSA) is 53.7 Å². The third-order valence-electron chi connectivity index (χ3n) is 1.89. The Morgan fingerprint density at radius 2 is 1.94 bits per heavy atom. The van der Waals surface area contributed by atoms with Crippen molar-refractivity contribution in [3.63, 3.8) is 0 Å². The van der Waals surface area contributed by atoms with Gasteiger partial charge >= 0.3 is 0 Å². The van der Waals surface area contributed by atoms with Gasteiger partial charge in [0.25, 0.3) is 0 Å². The summed E-state index contributed by atoms with van der Waals surface area (Å²) in [6.07, 6.45) is 0. The van der Waals surface area contributed by atoms with Crippen LogP contribution in [0.1, 0.15) is 0 Å². The molecule has 1 aromatic carbocycles. The molecular weight excluding hydrogens is 213 g/mol. The molecule has 16 heavy (non-hydrogen) atoms. The number of rotatable bonds is 7. The van der Waals surface area contributed by atoms with Crippen LogP contribution in [-0.2, 0) is 9.47 Å². The van der Waals surface area contributed by atoms with Gasteiger partial charge in [-0.3, -0.25) is 0 Å². The first kappa shape index (κ1) is 12.7. The number of hydrogen-bond donors (Lipinski definition) is 1. The molecule has 4 nitrogen and oxygen atoms in total. The molecule has 0 amide bonds. The molecule has 5 heteroatoms. The summed E-state index contributed by atoms with van der Waals surface area (Å²) in [6, 6.07) is 4.03. The van der Waals surface area contributed by atoms with Crippen molar-refractivity contribution < 1.29 is 18.6 Å². The summed E-state index contributed by atoms with van der Waals surface area (Å²) in [5, 5.41) is 0. The number of ether oxygens (including phenoxy) is 3. The highest BCUT2D eigenvalue weighted by molar-refractivity contribution is 5.52. The van der Waals surface area contributed by atoms with E-state index in [1.54, 1.807) is 7.11 Å². The second-order valence-electron chi connectivity index (χ2n) is 3.14. The highest BCUT2D eigenvalue weighted by Crippen LogP contribution is 2.21. The molecule has 0 unspecified atom stereocenters. The van der Waals surface area contributed by atoms with Crippen molar-refractivity contribution in [3.8, 4) is 5.75 Å². The largest absolute Gasteiger partial charge is 0.489 e. The van der Waals surface area contributed by atoms with E-state index in [-0.39, 0.29) is 11.5 Å². The summed E-state index contributed by atoms with van der Waals surface area (Å²) in [7, 11) is 1.61. The van der Waals surface area contributed by atoms with Crippen molar-refractivity contribution >= 4 is 5.69 Å². The number of anilines is 1. The van der Waals surface area contributed by atoms with Crippen molar-refractivity contribution in [2.45, 2.75) is 0 Å². The first-order valence-electron chi connectivity index (χ1n) is 4.98. The minimum Gasteiger partial charge on any atom is -0.489 e. The van der Waals surface area contributed by atoms with Crippen molar-refractivity contribution in [3.05, 3.63) is 24.0 Å². The molecule has 0 radical (unpaired) electrons. The fourth-order valence-corrected chi connectivity index (χ4v) is 1.11. The lowest BCUT2D eigenvalue weighted by Crippen LogP contribution is -2.10. The van der Waals surface area contributed by atoms with E-state index in [9.17, 15) is 4.39 Å². The molecule has 0 atom stereocenters. The highest BCUT2D eigenvalue weighted by Gasteiger charge is 2.01. The summed E-state index contributed by atoms with van der Waals surface area (Å²) in [5.74, 6) is 0.0953.